The lowest BCUT2D eigenvalue weighted by molar-refractivity contribution is 0.0756. The Bertz CT molecular complexity index is 701. The molecule has 1 fully saturated rings. The number of aliphatic hydroxyl groups is 1. The van der Waals surface area contributed by atoms with Gasteiger partial charge in [-0.25, -0.2) is 9.07 Å². The summed E-state index contributed by atoms with van der Waals surface area (Å²) in [4.78, 5) is 14.1. The quantitative estimate of drug-likeness (QED) is 0.922. The van der Waals surface area contributed by atoms with E-state index in [4.69, 9.17) is 0 Å². The highest BCUT2D eigenvalue weighted by atomic mass is 19.1. The predicted molar refractivity (Wildman–Crippen MR) is 81.2 cm³/mol. The number of hydrogen-bond donors (Lipinski definition) is 1. The molecule has 6 nitrogen and oxygen atoms in total. The molecule has 1 aliphatic heterocycles. The smallest absolute Gasteiger partial charge is 0.276 e. The van der Waals surface area contributed by atoms with Crippen molar-refractivity contribution in [3.63, 3.8) is 0 Å². The maximum Gasteiger partial charge on any atom is 0.276 e. The molecule has 0 spiro atoms. The second-order valence-corrected chi connectivity index (χ2v) is 5.97. The first-order chi connectivity index (χ1) is 11.0. The second-order valence-electron chi connectivity index (χ2n) is 5.97. The number of benzene rings is 1. The lowest BCUT2D eigenvalue weighted by atomic mass is 10.0. The van der Waals surface area contributed by atoms with Gasteiger partial charge >= 0.3 is 0 Å². The molecule has 1 aliphatic rings. The molecule has 1 amide bonds. The number of halogens is 1. The number of nitrogens with zero attached hydrogens (tertiary/aromatic N) is 4. The Morgan fingerprint density at radius 3 is 3.04 bits per heavy atom. The van der Waals surface area contributed by atoms with Crippen LogP contribution in [0.4, 0.5) is 4.39 Å². The summed E-state index contributed by atoms with van der Waals surface area (Å²) in [6, 6.07) is 6.23. The lowest BCUT2D eigenvalue weighted by Gasteiger charge is -2.16. The van der Waals surface area contributed by atoms with Crippen LogP contribution in [0.15, 0.2) is 30.5 Å². The fourth-order valence-electron chi connectivity index (χ4n) is 2.82. The number of rotatable bonds is 4. The number of aliphatic hydroxyl groups excluding tert-OH is 1. The molecular formula is C16H19FN4O2. The van der Waals surface area contributed by atoms with Crippen LogP contribution in [0.3, 0.4) is 0 Å². The molecule has 1 aromatic carbocycles. The van der Waals surface area contributed by atoms with Crippen molar-refractivity contribution in [3.8, 4) is 0 Å². The molecule has 0 radical (unpaired) electrons. The normalized spacial score (nSPS) is 19.1. The van der Waals surface area contributed by atoms with E-state index in [9.17, 15) is 14.3 Å². The maximum absolute atomic E-state index is 13.2. The summed E-state index contributed by atoms with van der Waals surface area (Å²) in [6.45, 7) is 3.25. The van der Waals surface area contributed by atoms with Crippen LogP contribution in [-0.2, 0) is 6.54 Å². The molecule has 2 aromatic rings. The molecule has 2 unspecified atom stereocenters. The lowest BCUT2D eigenvalue weighted by Crippen LogP contribution is -2.30. The van der Waals surface area contributed by atoms with Gasteiger partial charge in [-0.3, -0.25) is 4.79 Å². The van der Waals surface area contributed by atoms with Gasteiger partial charge in [0.1, 0.15) is 5.82 Å². The Kier molecular flexibility index (Phi) is 4.38. The molecule has 23 heavy (non-hydrogen) atoms. The number of aromatic nitrogens is 3. The van der Waals surface area contributed by atoms with Gasteiger partial charge in [-0.2, -0.15) is 0 Å². The monoisotopic (exact) mass is 318 g/mol. The number of carbonyl (C=O) groups excluding carboxylic acids is 1. The molecule has 0 saturated carbocycles. The third-order valence-corrected chi connectivity index (χ3v) is 4.19. The molecular weight excluding hydrogens is 299 g/mol. The van der Waals surface area contributed by atoms with Crippen LogP contribution in [-0.4, -0.2) is 50.1 Å². The van der Waals surface area contributed by atoms with E-state index in [1.54, 1.807) is 30.2 Å². The number of carbonyl (C=O) groups is 1. The largest absolute Gasteiger partial charge is 0.393 e. The van der Waals surface area contributed by atoms with E-state index in [1.807, 2.05) is 0 Å². The first kappa shape index (κ1) is 15.6. The number of likely N-dealkylation sites (tertiary alicyclic amines) is 1. The van der Waals surface area contributed by atoms with Crippen molar-refractivity contribution in [1.29, 1.82) is 0 Å². The highest BCUT2D eigenvalue weighted by molar-refractivity contribution is 5.92. The summed E-state index contributed by atoms with van der Waals surface area (Å²) in [7, 11) is 0. The standard InChI is InChI=1S/C16H19FN4O2/c1-11(22)13-5-6-20(9-13)16(23)15-10-21(19-18-15)8-12-3-2-4-14(17)7-12/h2-4,7,10-11,13,22H,5-6,8-9H2,1H3. The zero-order chi connectivity index (χ0) is 16.4. The van der Waals surface area contributed by atoms with E-state index in [1.165, 1.54) is 16.8 Å². The van der Waals surface area contributed by atoms with Crippen LogP contribution in [0, 0.1) is 11.7 Å². The molecule has 122 valence electrons. The minimum absolute atomic E-state index is 0.112. The van der Waals surface area contributed by atoms with Gasteiger partial charge in [0, 0.05) is 19.0 Å². The van der Waals surface area contributed by atoms with Crippen LogP contribution in [0.5, 0.6) is 0 Å². The highest BCUT2D eigenvalue weighted by Crippen LogP contribution is 2.21. The van der Waals surface area contributed by atoms with E-state index in [0.29, 0.717) is 19.6 Å². The molecule has 1 aromatic heterocycles. The van der Waals surface area contributed by atoms with Crippen molar-refractivity contribution < 1.29 is 14.3 Å². The van der Waals surface area contributed by atoms with E-state index >= 15 is 0 Å². The van der Waals surface area contributed by atoms with Gasteiger partial charge in [0.25, 0.3) is 5.91 Å². The minimum Gasteiger partial charge on any atom is -0.393 e. The average molecular weight is 318 g/mol. The topological polar surface area (TPSA) is 71.2 Å². The van der Waals surface area contributed by atoms with Crippen LogP contribution in [0.25, 0.3) is 0 Å². The Morgan fingerprint density at radius 1 is 1.52 bits per heavy atom. The summed E-state index contributed by atoms with van der Waals surface area (Å²) in [5.41, 5.74) is 1.02. The zero-order valence-corrected chi connectivity index (χ0v) is 12.9. The molecule has 7 heteroatoms. The third-order valence-electron chi connectivity index (χ3n) is 4.19. The van der Waals surface area contributed by atoms with Crippen molar-refractivity contribution in [2.45, 2.75) is 26.0 Å². The molecule has 1 N–H and O–H groups in total. The van der Waals surface area contributed by atoms with Crippen LogP contribution in [0.2, 0.25) is 0 Å². The van der Waals surface area contributed by atoms with Gasteiger partial charge in [0.05, 0.1) is 18.8 Å². The van der Waals surface area contributed by atoms with Crippen molar-refractivity contribution >= 4 is 5.91 Å². The Morgan fingerprint density at radius 2 is 2.35 bits per heavy atom. The Hall–Kier alpha value is -2.28. The van der Waals surface area contributed by atoms with Gasteiger partial charge in [0.2, 0.25) is 0 Å². The molecule has 0 aliphatic carbocycles. The molecule has 2 heterocycles. The first-order valence-electron chi connectivity index (χ1n) is 7.65. The van der Waals surface area contributed by atoms with Gasteiger partial charge in [-0.1, -0.05) is 17.3 Å². The van der Waals surface area contributed by atoms with Crippen molar-refractivity contribution in [3.05, 3.63) is 47.5 Å². The van der Waals surface area contributed by atoms with Gasteiger partial charge in [-0.05, 0) is 31.0 Å². The summed E-state index contributed by atoms with van der Waals surface area (Å²) in [6.07, 6.45) is 1.94. The fourth-order valence-corrected chi connectivity index (χ4v) is 2.82. The van der Waals surface area contributed by atoms with Crippen molar-refractivity contribution in [1.82, 2.24) is 19.9 Å². The van der Waals surface area contributed by atoms with Crippen molar-refractivity contribution in [2.24, 2.45) is 5.92 Å². The molecule has 2 atom stereocenters. The molecule has 0 bridgehead atoms. The first-order valence-corrected chi connectivity index (χ1v) is 7.65. The number of hydrogen-bond acceptors (Lipinski definition) is 4. The maximum atomic E-state index is 13.2. The SMILES string of the molecule is CC(O)C1CCN(C(=O)c2cn(Cc3cccc(F)c3)nn2)C1. The van der Waals surface area contributed by atoms with Gasteiger partial charge < -0.3 is 10.0 Å². The van der Waals surface area contributed by atoms with E-state index in [0.717, 1.165) is 12.0 Å². The van der Waals surface area contributed by atoms with E-state index in [-0.39, 0.29) is 23.3 Å². The van der Waals surface area contributed by atoms with E-state index in [2.05, 4.69) is 10.3 Å². The molecule has 1 saturated heterocycles. The summed E-state index contributed by atoms with van der Waals surface area (Å²) in [5.74, 6) is -0.375. The third kappa shape index (κ3) is 3.56. The van der Waals surface area contributed by atoms with Crippen LogP contribution >= 0.6 is 0 Å². The Labute approximate surface area is 133 Å². The minimum atomic E-state index is -0.420. The summed E-state index contributed by atoms with van der Waals surface area (Å²) >= 11 is 0. The Balaban J connectivity index is 1.66. The average Bonchev–Trinajstić information content (AvgIpc) is 3.15. The van der Waals surface area contributed by atoms with Crippen LogP contribution < -0.4 is 0 Å². The number of amides is 1. The highest BCUT2D eigenvalue weighted by Gasteiger charge is 2.30. The zero-order valence-electron chi connectivity index (χ0n) is 12.9. The summed E-state index contributed by atoms with van der Waals surface area (Å²) in [5, 5.41) is 17.5. The van der Waals surface area contributed by atoms with Crippen molar-refractivity contribution in [2.75, 3.05) is 13.1 Å². The van der Waals surface area contributed by atoms with Gasteiger partial charge in [0.15, 0.2) is 5.69 Å². The van der Waals surface area contributed by atoms with Crippen LogP contribution in [0.1, 0.15) is 29.4 Å². The van der Waals surface area contributed by atoms with Gasteiger partial charge in [-0.15, -0.1) is 5.10 Å². The predicted octanol–water partition coefficient (Wildman–Crippen LogP) is 1.31. The second kappa shape index (κ2) is 6.45. The van der Waals surface area contributed by atoms with E-state index < -0.39 is 6.10 Å². The summed E-state index contributed by atoms with van der Waals surface area (Å²) < 4.78 is 14.7. The fraction of sp³-hybridized carbons (Fsp3) is 0.438. The molecule has 3 rings (SSSR count).